The summed E-state index contributed by atoms with van der Waals surface area (Å²) < 4.78 is 7.18. The summed E-state index contributed by atoms with van der Waals surface area (Å²) in [6.45, 7) is 1.89. The lowest BCUT2D eigenvalue weighted by Gasteiger charge is -2.17. The van der Waals surface area contributed by atoms with Gasteiger partial charge < -0.3 is 10.1 Å². The third-order valence-electron chi connectivity index (χ3n) is 4.70. The fourth-order valence-corrected chi connectivity index (χ4v) is 5.62. The van der Waals surface area contributed by atoms with Gasteiger partial charge in [0.2, 0.25) is 0 Å². The summed E-state index contributed by atoms with van der Waals surface area (Å²) in [5.74, 6) is -0.316. The third-order valence-corrected chi connectivity index (χ3v) is 6.69. The maximum atomic E-state index is 13.0. The molecule has 1 N–H and O–H groups in total. The van der Waals surface area contributed by atoms with Crippen LogP contribution in [0.25, 0.3) is 0 Å². The molecule has 0 saturated carbocycles. The van der Waals surface area contributed by atoms with Gasteiger partial charge in [0.25, 0.3) is 5.91 Å². The van der Waals surface area contributed by atoms with E-state index in [2.05, 4.69) is 56.6 Å². The zero-order valence-corrected chi connectivity index (χ0v) is 22.3. The summed E-state index contributed by atoms with van der Waals surface area (Å²) in [5.41, 5.74) is 3.32. The molecule has 0 bridgehead atoms. The van der Waals surface area contributed by atoms with Gasteiger partial charge in [-0.2, -0.15) is 5.26 Å². The van der Waals surface area contributed by atoms with E-state index in [0.29, 0.717) is 27.0 Å². The van der Waals surface area contributed by atoms with Gasteiger partial charge in [-0.3, -0.25) is 4.79 Å². The van der Waals surface area contributed by atoms with Gasteiger partial charge in [-0.15, -0.1) is 0 Å². The summed E-state index contributed by atoms with van der Waals surface area (Å²) in [5, 5.41) is 13.6. The van der Waals surface area contributed by atoms with Gasteiger partial charge in [0.15, 0.2) is 0 Å². The van der Waals surface area contributed by atoms with Crippen LogP contribution in [0.5, 0.6) is 5.75 Å². The standard InChI is InChI=1S/C23H16Cl2I2N2O2/c1-12-7-21(29-23(30)17-8-15(26)9-20(27)22(17)31-2)19(25)10-16(12)18(11-28)13-3-5-14(24)6-4-13/h3-10,18H,1-2H3,(H,29,30). The average molecular weight is 677 g/mol. The average Bonchev–Trinajstić information content (AvgIpc) is 2.72. The molecule has 0 aliphatic carbocycles. The quantitative estimate of drug-likeness (QED) is 0.286. The summed E-state index contributed by atoms with van der Waals surface area (Å²) in [4.78, 5) is 13.0. The van der Waals surface area contributed by atoms with Gasteiger partial charge in [-0.1, -0.05) is 35.3 Å². The Hall–Kier alpha value is -1.54. The van der Waals surface area contributed by atoms with E-state index in [0.717, 1.165) is 23.8 Å². The van der Waals surface area contributed by atoms with Gasteiger partial charge in [-0.05, 0) is 105 Å². The van der Waals surface area contributed by atoms with Crippen molar-refractivity contribution in [2.24, 2.45) is 0 Å². The highest BCUT2D eigenvalue weighted by atomic mass is 127. The molecule has 1 unspecified atom stereocenters. The summed E-state index contributed by atoms with van der Waals surface area (Å²) in [6, 6.07) is 16.7. The maximum Gasteiger partial charge on any atom is 0.259 e. The van der Waals surface area contributed by atoms with Gasteiger partial charge >= 0.3 is 0 Å². The molecule has 3 aromatic rings. The first-order valence-corrected chi connectivity index (χ1v) is 12.0. The Morgan fingerprint density at radius 3 is 2.42 bits per heavy atom. The van der Waals surface area contributed by atoms with E-state index in [4.69, 9.17) is 27.9 Å². The molecule has 158 valence electrons. The molecule has 1 atom stereocenters. The number of hydrogen-bond donors (Lipinski definition) is 1. The van der Waals surface area contributed by atoms with E-state index in [1.807, 2.05) is 25.1 Å². The number of amides is 1. The van der Waals surface area contributed by atoms with Crippen LogP contribution >= 0.6 is 68.4 Å². The number of carbonyl (C=O) groups is 1. The van der Waals surface area contributed by atoms with Crippen LogP contribution in [0.2, 0.25) is 10.0 Å². The lowest BCUT2D eigenvalue weighted by Crippen LogP contribution is -2.15. The Morgan fingerprint density at radius 2 is 1.81 bits per heavy atom. The number of anilines is 1. The van der Waals surface area contributed by atoms with Gasteiger partial charge in [0.05, 0.1) is 38.9 Å². The van der Waals surface area contributed by atoms with Crippen molar-refractivity contribution in [3.63, 3.8) is 0 Å². The molecule has 4 nitrogen and oxygen atoms in total. The van der Waals surface area contributed by atoms with Gasteiger partial charge in [0, 0.05) is 8.59 Å². The van der Waals surface area contributed by atoms with E-state index >= 15 is 0 Å². The van der Waals surface area contributed by atoms with Crippen LogP contribution in [0.3, 0.4) is 0 Å². The first-order valence-electron chi connectivity index (χ1n) is 9.04. The molecule has 1 amide bonds. The molecule has 0 aromatic heterocycles. The van der Waals surface area contributed by atoms with Crippen LogP contribution in [0, 0.1) is 25.4 Å². The summed E-state index contributed by atoms with van der Waals surface area (Å²) in [6.07, 6.45) is 0. The Kier molecular flexibility index (Phi) is 8.08. The number of hydrogen-bond acceptors (Lipinski definition) is 3. The number of nitrogens with one attached hydrogen (secondary N) is 1. The molecule has 8 heteroatoms. The second-order valence-electron chi connectivity index (χ2n) is 6.72. The molecular weight excluding hydrogens is 661 g/mol. The number of nitriles is 1. The van der Waals surface area contributed by atoms with Crippen molar-refractivity contribution in [2.45, 2.75) is 12.8 Å². The van der Waals surface area contributed by atoms with Crippen molar-refractivity contribution in [3.05, 3.63) is 88.0 Å². The van der Waals surface area contributed by atoms with Crippen molar-refractivity contribution in [3.8, 4) is 11.8 Å². The highest BCUT2D eigenvalue weighted by Crippen LogP contribution is 2.35. The maximum absolute atomic E-state index is 13.0. The minimum absolute atomic E-state index is 0.322. The molecule has 0 aliphatic rings. The lowest BCUT2D eigenvalue weighted by molar-refractivity contribution is 0.102. The predicted molar refractivity (Wildman–Crippen MR) is 141 cm³/mol. The Morgan fingerprint density at radius 1 is 1.13 bits per heavy atom. The Bertz CT molecular complexity index is 1190. The largest absolute Gasteiger partial charge is 0.495 e. The molecule has 0 fully saturated rings. The molecule has 31 heavy (non-hydrogen) atoms. The number of nitrogens with zero attached hydrogens (tertiary/aromatic N) is 1. The van der Waals surface area contributed by atoms with Crippen molar-refractivity contribution >= 4 is 80.0 Å². The van der Waals surface area contributed by atoms with Crippen LogP contribution in [0.4, 0.5) is 5.69 Å². The van der Waals surface area contributed by atoms with E-state index in [-0.39, 0.29) is 5.91 Å². The smallest absolute Gasteiger partial charge is 0.259 e. The number of ether oxygens (including phenoxy) is 1. The zero-order valence-electron chi connectivity index (χ0n) is 16.5. The van der Waals surface area contributed by atoms with E-state index < -0.39 is 5.92 Å². The SMILES string of the molecule is COc1c(I)cc(I)cc1C(=O)Nc1cc(C)c(C(C#N)c2ccc(Cl)cc2)cc1Cl. The molecule has 0 spiro atoms. The minimum atomic E-state index is -0.503. The van der Waals surface area contributed by atoms with E-state index in [1.165, 1.54) is 7.11 Å². The van der Waals surface area contributed by atoms with Crippen LogP contribution in [-0.4, -0.2) is 13.0 Å². The van der Waals surface area contributed by atoms with Crippen molar-refractivity contribution in [1.82, 2.24) is 0 Å². The number of rotatable bonds is 5. The molecule has 3 aromatic carbocycles. The number of carbonyl (C=O) groups excluding carboxylic acids is 1. The van der Waals surface area contributed by atoms with Crippen LogP contribution < -0.4 is 10.1 Å². The molecule has 0 heterocycles. The van der Waals surface area contributed by atoms with Gasteiger partial charge in [-0.25, -0.2) is 0 Å². The molecule has 0 saturated heterocycles. The second-order valence-corrected chi connectivity index (χ2v) is 9.98. The van der Waals surface area contributed by atoms with Crippen molar-refractivity contribution in [2.75, 3.05) is 12.4 Å². The zero-order chi connectivity index (χ0) is 22.7. The van der Waals surface area contributed by atoms with Crippen LogP contribution in [-0.2, 0) is 0 Å². The third kappa shape index (κ3) is 5.45. The molecule has 0 radical (unpaired) electrons. The lowest BCUT2D eigenvalue weighted by atomic mass is 9.89. The fourth-order valence-electron chi connectivity index (χ4n) is 3.21. The van der Waals surface area contributed by atoms with Crippen LogP contribution in [0.15, 0.2) is 48.5 Å². The topological polar surface area (TPSA) is 62.1 Å². The number of halogens is 4. The number of methoxy groups -OCH3 is 1. The fraction of sp³-hybridized carbons (Fsp3) is 0.130. The number of benzene rings is 3. The Labute approximate surface area is 218 Å². The summed E-state index contributed by atoms with van der Waals surface area (Å²) >= 11 is 16.8. The monoisotopic (exact) mass is 676 g/mol. The van der Waals surface area contributed by atoms with Gasteiger partial charge in [0.1, 0.15) is 5.75 Å². The molecular formula is C23H16Cl2I2N2O2. The second kappa shape index (κ2) is 10.4. The predicted octanol–water partition coefficient (Wildman–Crippen LogP) is 7.43. The van der Waals surface area contributed by atoms with Crippen LogP contribution in [0.1, 0.15) is 33.0 Å². The van der Waals surface area contributed by atoms with E-state index in [1.54, 1.807) is 30.3 Å². The first kappa shape index (κ1) is 24.1. The normalized spacial score (nSPS) is 11.5. The Balaban J connectivity index is 1.95. The number of aryl methyl sites for hydroxylation is 1. The highest BCUT2D eigenvalue weighted by Gasteiger charge is 2.21. The van der Waals surface area contributed by atoms with Crippen molar-refractivity contribution < 1.29 is 9.53 Å². The minimum Gasteiger partial charge on any atom is -0.495 e. The highest BCUT2D eigenvalue weighted by molar-refractivity contribution is 14.1. The van der Waals surface area contributed by atoms with E-state index in [9.17, 15) is 10.1 Å². The molecule has 0 aliphatic heterocycles. The van der Waals surface area contributed by atoms with Crippen molar-refractivity contribution in [1.29, 1.82) is 5.26 Å². The first-order chi connectivity index (χ1) is 14.7. The molecule has 3 rings (SSSR count). The summed E-state index contributed by atoms with van der Waals surface area (Å²) in [7, 11) is 1.53.